The summed E-state index contributed by atoms with van der Waals surface area (Å²) >= 11 is 6.04. The maximum Gasteiger partial charge on any atom is 0.211 e. The number of nitrogens with one attached hydrogen (secondary N) is 1. The van der Waals surface area contributed by atoms with Gasteiger partial charge in [-0.3, -0.25) is 4.99 Å². The third-order valence-electron chi connectivity index (χ3n) is 4.47. The lowest BCUT2D eigenvalue weighted by atomic mass is 9.98. The molecule has 1 heterocycles. The van der Waals surface area contributed by atoms with Gasteiger partial charge < -0.3 is 10.2 Å². The van der Waals surface area contributed by atoms with Crippen molar-refractivity contribution < 1.29 is 8.42 Å². The Morgan fingerprint density at radius 2 is 2.08 bits per heavy atom. The molecule has 1 saturated heterocycles. The third-order valence-corrected chi connectivity index (χ3v) is 6.01. The average molecular weight is 387 g/mol. The van der Waals surface area contributed by atoms with Crippen molar-refractivity contribution in [2.24, 2.45) is 10.9 Å². The first-order valence-electron chi connectivity index (χ1n) is 8.41. The van der Waals surface area contributed by atoms with E-state index >= 15 is 0 Å². The molecular weight excluding hydrogens is 360 g/mol. The summed E-state index contributed by atoms with van der Waals surface area (Å²) in [6.07, 6.45) is 3.02. The van der Waals surface area contributed by atoms with Crippen LogP contribution in [0.15, 0.2) is 29.3 Å². The predicted molar refractivity (Wildman–Crippen MR) is 103 cm³/mol. The van der Waals surface area contributed by atoms with Crippen LogP contribution < -0.4 is 5.32 Å². The van der Waals surface area contributed by atoms with Gasteiger partial charge in [0.25, 0.3) is 0 Å². The van der Waals surface area contributed by atoms with Crippen molar-refractivity contribution in [2.45, 2.75) is 19.4 Å². The molecule has 0 spiro atoms. The monoisotopic (exact) mass is 386 g/mol. The van der Waals surface area contributed by atoms with E-state index in [0.29, 0.717) is 25.6 Å². The first-order valence-corrected chi connectivity index (χ1v) is 10.6. The van der Waals surface area contributed by atoms with Crippen LogP contribution in [0.1, 0.15) is 18.4 Å². The van der Waals surface area contributed by atoms with Gasteiger partial charge in [-0.1, -0.05) is 23.7 Å². The zero-order valence-electron chi connectivity index (χ0n) is 15.1. The highest BCUT2D eigenvalue weighted by Crippen LogP contribution is 2.18. The summed E-state index contributed by atoms with van der Waals surface area (Å²) in [6.45, 7) is 2.71. The number of rotatable bonds is 5. The minimum absolute atomic E-state index is 0.453. The van der Waals surface area contributed by atoms with E-state index in [-0.39, 0.29) is 0 Å². The van der Waals surface area contributed by atoms with Crippen molar-refractivity contribution in [1.82, 2.24) is 14.5 Å². The van der Waals surface area contributed by atoms with E-state index in [1.807, 2.05) is 31.3 Å². The lowest BCUT2D eigenvalue weighted by Gasteiger charge is -2.31. The fourth-order valence-corrected chi connectivity index (χ4v) is 4.14. The van der Waals surface area contributed by atoms with Crippen LogP contribution in [0.5, 0.6) is 0 Å². The second-order valence-corrected chi connectivity index (χ2v) is 8.94. The van der Waals surface area contributed by atoms with Crippen molar-refractivity contribution in [3.05, 3.63) is 34.9 Å². The fourth-order valence-electron chi connectivity index (χ4n) is 3.05. The van der Waals surface area contributed by atoms with E-state index in [1.165, 1.54) is 6.26 Å². The van der Waals surface area contributed by atoms with Crippen LogP contribution in [0.25, 0.3) is 0 Å². The van der Waals surface area contributed by atoms with E-state index < -0.39 is 10.0 Å². The number of aliphatic imine (C=N–C) groups is 1. The maximum absolute atomic E-state index is 11.6. The molecular formula is C17H27ClN4O2S. The minimum Gasteiger partial charge on any atom is -0.356 e. The van der Waals surface area contributed by atoms with Crippen molar-refractivity contribution in [1.29, 1.82) is 0 Å². The van der Waals surface area contributed by atoms with E-state index in [0.717, 1.165) is 35.9 Å². The fraction of sp³-hybridized carbons (Fsp3) is 0.588. The number of piperidine rings is 1. The summed E-state index contributed by atoms with van der Waals surface area (Å²) in [5.41, 5.74) is 1.12. The molecule has 0 aromatic heterocycles. The Morgan fingerprint density at radius 1 is 1.40 bits per heavy atom. The van der Waals surface area contributed by atoms with Gasteiger partial charge >= 0.3 is 0 Å². The standard InChI is InChI=1S/C17H27ClN4O2S/c1-19-17(21(2)13-15-5-4-6-16(18)11-15)20-12-14-7-9-22(10-8-14)25(3,23)24/h4-6,11,14H,7-10,12-13H2,1-3H3,(H,19,20). The van der Waals surface area contributed by atoms with Gasteiger partial charge in [0.1, 0.15) is 0 Å². The number of nitrogens with zero attached hydrogens (tertiary/aromatic N) is 3. The number of sulfonamides is 1. The third kappa shape index (κ3) is 6.17. The Kier molecular flexibility index (Phi) is 7.10. The molecule has 140 valence electrons. The first-order chi connectivity index (χ1) is 11.8. The van der Waals surface area contributed by atoms with Crippen LogP contribution in [-0.2, 0) is 16.6 Å². The van der Waals surface area contributed by atoms with E-state index in [1.54, 1.807) is 11.4 Å². The van der Waals surface area contributed by atoms with Gasteiger partial charge in [0, 0.05) is 45.3 Å². The molecule has 1 fully saturated rings. The molecule has 8 heteroatoms. The number of benzene rings is 1. The normalized spacial score (nSPS) is 17.5. The topological polar surface area (TPSA) is 65.0 Å². The second-order valence-electron chi connectivity index (χ2n) is 6.52. The molecule has 6 nitrogen and oxygen atoms in total. The van der Waals surface area contributed by atoms with Gasteiger partial charge in [-0.05, 0) is 36.5 Å². The molecule has 1 aliphatic heterocycles. The Morgan fingerprint density at radius 3 is 2.64 bits per heavy atom. The lowest BCUT2D eigenvalue weighted by molar-refractivity contribution is 0.273. The summed E-state index contributed by atoms with van der Waals surface area (Å²) in [6, 6.07) is 7.79. The summed E-state index contributed by atoms with van der Waals surface area (Å²) in [7, 11) is 0.689. The largest absolute Gasteiger partial charge is 0.356 e. The van der Waals surface area contributed by atoms with Crippen molar-refractivity contribution >= 4 is 27.6 Å². The number of hydrogen-bond acceptors (Lipinski definition) is 3. The zero-order valence-corrected chi connectivity index (χ0v) is 16.6. The quantitative estimate of drug-likeness (QED) is 0.621. The highest BCUT2D eigenvalue weighted by Gasteiger charge is 2.25. The Labute approximate surface area is 155 Å². The van der Waals surface area contributed by atoms with E-state index in [4.69, 9.17) is 11.6 Å². The van der Waals surface area contributed by atoms with Gasteiger partial charge in [0.05, 0.1) is 6.26 Å². The van der Waals surface area contributed by atoms with Crippen molar-refractivity contribution in [3.8, 4) is 0 Å². The van der Waals surface area contributed by atoms with Gasteiger partial charge in [0.15, 0.2) is 5.96 Å². The molecule has 1 N–H and O–H groups in total. The molecule has 2 rings (SSSR count). The van der Waals surface area contributed by atoms with Crippen LogP contribution in [0.2, 0.25) is 5.02 Å². The number of hydrogen-bond donors (Lipinski definition) is 1. The molecule has 0 bridgehead atoms. The van der Waals surface area contributed by atoms with Crippen LogP contribution >= 0.6 is 11.6 Å². The molecule has 0 unspecified atom stereocenters. The SMILES string of the molecule is CN=C(NCC1CCN(S(C)(=O)=O)CC1)N(C)Cc1cccc(Cl)c1. The average Bonchev–Trinajstić information content (AvgIpc) is 2.55. The predicted octanol–water partition coefficient (Wildman–Crippen LogP) is 2.02. The van der Waals surface area contributed by atoms with Gasteiger partial charge in [-0.25, -0.2) is 12.7 Å². The van der Waals surface area contributed by atoms with Crippen molar-refractivity contribution in [3.63, 3.8) is 0 Å². The van der Waals surface area contributed by atoms with E-state index in [9.17, 15) is 8.42 Å². The van der Waals surface area contributed by atoms with Gasteiger partial charge in [-0.15, -0.1) is 0 Å². The Balaban J connectivity index is 1.82. The maximum atomic E-state index is 11.6. The molecule has 25 heavy (non-hydrogen) atoms. The zero-order chi connectivity index (χ0) is 18.4. The molecule has 0 radical (unpaired) electrons. The molecule has 0 atom stereocenters. The number of halogens is 1. The summed E-state index contributed by atoms with van der Waals surface area (Å²) in [4.78, 5) is 6.39. The second kappa shape index (κ2) is 8.87. The highest BCUT2D eigenvalue weighted by molar-refractivity contribution is 7.88. The molecule has 0 saturated carbocycles. The molecule has 1 aliphatic rings. The molecule has 1 aromatic rings. The minimum atomic E-state index is -3.07. The van der Waals surface area contributed by atoms with Crippen molar-refractivity contribution in [2.75, 3.05) is 40.0 Å². The summed E-state index contributed by atoms with van der Waals surface area (Å²) < 4.78 is 24.7. The smallest absolute Gasteiger partial charge is 0.211 e. The van der Waals surface area contributed by atoms with E-state index in [2.05, 4.69) is 15.2 Å². The molecule has 1 aromatic carbocycles. The van der Waals surface area contributed by atoms with Crippen LogP contribution in [-0.4, -0.2) is 63.6 Å². The van der Waals surface area contributed by atoms with Gasteiger partial charge in [-0.2, -0.15) is 0 Å². The Bertz CT molecular complexity index is 700. The lowest BCUT2D eigenvalue weighted by Crippen LogP contribution is -2.44. The summed E-state index contributed by atoms with van der Waals surface area (Å²) in [5.74, 6) is 1.28. The summed E-state index contributed by atoms with van der Waals surface area (Å²) in [5, 5.41) is 4.13. The molecule has 0 aliphatic carbocycles. The highest BCUT2D eigenvalue weighted by atomic mass is 35.5. The van der Waals surface area contributed by atoms with Gasteiger partial charge in [0.2, 0.25) is 10.0 Å². The molecule has 0 amide bonds. The Hall–Kier alpha value is -1.31. The first kappa shape index (κ1) is 20.0. The van der Waals surface area contributed by atoms with Crippen LogP contribution in [0.3, 0.4) is 0 Å². The van der Waals surface area contributed by atoms with Crippen LogP contribution in [0.4, 0.5) is 0 Å². The van der Waals surface area contributed by atoms with Crippen LogP contribution in [0, 0.1) is 5.92 Å². The number of guanidine groups is 1.